The molecule has 0 spiro atoms. The molecule has 0 atom stereocenters. The van der Waals surface area contributed by atoms with Crippen LogP contribution in [0.1, 0.15) is 13.3 Å². The predicted molar refractivity (Wildman–Crippen MR) is 79.0 cm³/mol. The topological polar surface area (TPSA) is 97.2 Å². The van der Waals surface area contributed by atoms with E-state index in [1.807, 2.05) is 6.92 Å². The minimum absolute atomic E-state index is 0.240. The number of aromatic amines is 1. The summed E-state index contributed by atoms with van der Waals surface area (Å²) in [6.45, 7) is 3.44. The van der Waals surface area contributed by atoms with Crippen LogP contribution in [0.2, 0.25) is 0 Å². The van der Waals surface area contributed by atoms with Gasteiger partial charge in [-0.2, -0.15) is 0 Å². The highest BCUT2D eigenvalue weighted by Crippen LogP contribution is 2.24. The lowest BCUT2D eigenvalue weighted by Gasteiger charge is -2.06. The lowest BCUT2D eigenvalue weighted by molar-refractivity contribution is 0.146. The number of hydrogen-bond donors (Lipinski definition) is 3. The van der Waals surface area contributed by atoms with Crippen LogP contribution >= 0.6 is 0 Å². The molecule has 0 amide bonds. The van der Waals surface area contributed by atoms with Crippen molar-refractivity contribution in [1.29, 1.82) is 0 Å². The molecule has 0 aliphatic rings. The zero-order chi connectivity index (χ0) is 14.6. The van der Waals surface area contributed by atoms with E-state index in [4.69, 9.17) is 10.5 Å². The van der Waals surface area contributed by atoms with Gasteiger partial charge in [-0.15, -0.1) is 0 Å². The Balaban J connectivity index is 2.11. The van der Waals surface area contributed by atoms with E-state index in [2.05, 4.69) is 9.71 Å². The van der Waals surface area contributed by atoms with Gasteiger partial charge in [-0.3, -0.25) is 0 Å². The maximum Gasteiger partial charge on any atom is 0.242 e. The largest absolute Gasteiger partial charge is 0.399 e. The third-order valence-corrected chi connectivity index (χ3v) is 4.42. The van der Waals surface area contributed by atoms with Gasteiger partial charge in [0, 0.05) is 42.5 Å². The number of rotatable bonds is 7. The molecule has 1 aromatic carbocycles. The van der Waals surface area contributed by atoms with E-state index in [1.54, 1.807) is 18.2 Å². The molecule has 0 radical (unpaired) electrons. The number of anilines is 1. The summed E-state index contributed by atoms with van der Waals surface area (Å²) in [4.78, 5) is 3.16. The third-order valence-electron chi connectivity index (χ3n) is 2.92. The van der Waals surface area contributed by atoms with Crippen LogP contribution in [-0.2, 0) is 14.8 Å². The van der Waals surface area contributed by atoms with Gasteiger partial charge in [-0.1, -0.05) is 0 Å². The van der Waals surface area contributed by atoms with Gasteiger partial charge >= 0.3 is 0 Å². The molecule has 4 N–H and O–H groups in total. The number of sulfonamides is 1. The van der Waals surface area contributed by atoms with Crippen molar-refractivity contribution in [2.75, 3.05) is 25.5 Å². The summed E-state index contributed by atoms with van der Waals surface area (Å²) in [7, 11) is -3.52. The molecule has 2 rings (SSSR count). The minimum Gasteiger partial charge on any atom is -0.399 e. The van der Waals surface area contributed by atoms with Crippen LogP contribution in [0.15, 0.2) is 29.3 Å². The van der Waals surface area contributed by atoms with Gasteiger partial charge < -0.3 is 15.5 Å². The lowest BCUT2D eigenvalue weighted by Crippen LogP contribution is -2.25. The van der Waals surface area contributed by atoms with Crippen LogP contribution < -0.4 is 10.5 Å². The highest BCUT2D eigenvalue weighted by molar-refractivity contribution is 7.89. The monoisotopic (exact) mass is 297 g/mol. The number of benzene rings is 1. The van der Waals surface area contributed by atoms with Crippen molar-refractivity contribution in [3.05, 3.63) is 24.4 Å². The lowest BCUT2D eigenvalue weighted by atomic mass is 10.2. The standard InChI is InChI=1S/C13H19N3O3S/c1-2-19-7-3-6-16-20(17,18)13-9-15-12-8-10(14)4-5-11(12)13/h4-5,8-9,15-16H,2-3,6-7,14H2,1H3. The summed E-state index contributed by atoms with van der Waals surface area (Å²) in [5.41, 5.74) is 6.97. The van der Waals surface area contributed by atoms with Gasteiger partial charge in [0.05, 0.1) is 0 Å². The highest BCUT2D eigenvalue weighted by atomic mass is 32.2. The number of H-pyrrole nitrogens is 1. The number of nitrogens with one attached hydrogen (secondary N) is 2. The van der Waals surface area contributed by atoms with Gasteiger partial charge in [-0.25, -0.2) is 13.1 Å². The Labute approximate surface area is 118 Å². The van der Waals surface area contributed by atoms with E-state index in [0.717, 1.165) is 0 Å². The molecule has 110 valence electrons. The summed E-state index contributed by atoms with van der Waals surface area (Å²) < 4.78 is 32.2. The molecule has 0 fully saturated rings. The Bertz CT molecular complexity index is 679. The smallest absolute Gasteiger partial charge is 0.242 e. The van der Waals surface area contributed by atoms with Gasteiger partial charge in [0.25, 0.3) is 0 Å². The number of aromatic nitrogens is 1. The molecule has 6 nitrogen and oxygen atoms in total. The number of fused-ring (bicyclic) bond motifs is 1. The molecule has 7 heteroatoms. The number of ether oxygens (including phenoxy) is 1. The molecule has 20 heavy (non-hydrogen) atoms. The van der Waals surface area contributed by atoms with E-state index in [-0.39, 0.29) is 4.90 Å². The zero-order valence-corrected chi connectivity index (χ0v) is 12.2. The van der Waals surface area contributed by atoms with Gasteiger partial charge in [0.15, 0.2) is 0 Å². The van der Waals surface area contributed by atoms with Gasteiger partial charge in [-0.05, 0) is 31.5 Å². The van der Waals surface area contributed by atoms with Crippen LogP contribution in [0, 0.1) is 0 Å². The van der Waals surface area contributed by atoms with Crippen LogP contribution in [0.5, 0.6) is 0 Å². The van der Waals surface area contributed by atoms with Crippen molar-refractivity contribution in [2.24, 2.45) is 0 Å². The Morgan fingerprint density at radius 3 is 2.95 bits per heavy atom. The first-order valence-electron chi connectivity index (χ1n) is 6.48. The van der Waals surface area contributed by atoms with Crippen LogP contribution in [0.3, 0.4) is 0 Å². The number of hydrogen-bond acceptors (Lipinski definition) is 4. The molecule has 1 aromatic heterocycles. The van der Waals surface area contributed by atoms with Gasteiger partial charge in [0.1, 0.15) is 4.90 Å². The average molecular weight is 297 g/mol. The highest BCUT2D eigenvalue weighted by Gasteiger charge is 2.18. The van der Waals surface area contributed by atoms with E-state index in [9.17, 15) is 8.42 Å². The van der Waals surface area contributed by atoms with Crippen LogP contribution in [0.4, 0.5) is 5.69 Å². The van der Waals surface area contributed by atoms with Gasteiger partial charge in [0.2, 0.25) is 10.0 Å². The summed E-state index contributed by atoms with van der Waals surface area (Å²) in [6.07, 6.45) is 2.12. The molecule has 2 aromatic rings. The van der Waals surface area contributed by atoms with Crippen molar-refractivity contribution >= 4 is 26.6 Å². The molecule has 0 unspecified atom stereocenters. The molecule has 0 aliphatic carbocycles. The average Bonchev–Trinajstić information content (AvgIpc) is 2.82. The second kappa shape index (κ2) is 6.25. The number of nitrogens with two attached hydrogens (primary N) is 1. The van der Waals surface area contributed by atoms with Crippen molar-refractivity contribution in [3.8, 4) is 0 Å². The maximum absolute atomic E-state index is 12.2. The quantitative estimate of drug-likeness (QED) is 0.532. The molecule has 1 heterocycles. The Kier molecular flexibility index (Phi) is 4.64. The van der Waals surface area contributed by atoms with E-state index in [0.29, 0.717) is 42.8 Å². The second-order valence-electron chi connectivity index (χ2n) is 4.41. The first-order chi connectivity index (χ1) is 9.54. The van der Waals surface area contributed by atoms with Crippen molar-refractivity contribution in [3.63, 3.8) is 0 Å². The molecule has 0 saturated heterocycles. The summed E-state index contributed by atoms with van der Waals surface area (Å²) in [5, 5.41) is 0.636. The van der Waals surface area contributed by atoms with Crippen LogP contribution in [0.25, 0.3) is 10.9 Å². The Morgan fingerprint density at radius 2 is 2.20 bits per heavy atom. The predicted octanol–water partition coefficient (Wildman–Crippen LogP) is 1.46. The fourth-order valence-electron chi connectivity index (χ4n) is 1.94. The fourth-order valence-corrected chi connectivity index (χ4v) is 3.19. The Morgan fingerprint density at radius 1 is 1.40 bits per heavy atom. The van der Waals surface area contributed by atoms with E-state index < -0.39 is 10.0 Å². The molecular formula is C13H19N3O3S. The van der Waals surface area contributed by atoms with Crippen molar-refractivity contribution in [2.45, 2.75) is 18.2 Å². The SMILES string of the molecule is CCOCCCNS(=O)(=O)c1c[nH]c2cc(N)ccc12. The second-order valence-corrected chi connectivity index (χ2v) is 6.14. The molecule has 0 saturated carbocycles. The van der Waals surface area contributed by atoms with Crippen LogP contribution in [-0.4, -0.2) is 33.2 Å². The summed E-state index contributed by atoms with van der Waals surface area (Å²) in [5.74, 6) is 0. The molecule has 0 bridgehead atoms. The third kappa shape index (κ3) is 3.30. The van der Waals surface area contributed by atoms with Crippen molar-refractivity contribution in [1.82, 2.24) is 9.71 Å². The first kappa shape index (κ1) is 14.8. The summed E-state index contributed by atoms with van der Waals surface area (Å²) >= 11 is 0. The minimum atomic E-state index is -3.52. The maximum atomic E-state index is 12.2. The number of nitrogen functional groups attached to an aromatic ring is 1. The van der Waals surface area contributed by atoms with Crippen molar-refractivity contribution < 1.29 is 13.2 Å². The first-order valence-corrected chi connectivity index (χ1v) is 7.97. The molecular weight excluding hydrogens is 278 g/mol. The Hall–Kier alpha value is -1.57. The molecule has 0 aliphatic heterocycles. The zero-order valence-electron chi connectivity index (χ0n) is 11.3. The van der Waals surface area contributed by atoms with E-state index >= 15 is 0 Å². The normalized spacial score (nSPS) is 12.1. The fraction of sp³-hybridized carbons (Fsp3) is 0.385. The summed E-state index contributed by atoms with van der Waals surface area (Å²) in [6, 6.07) is 5.10. The van der Waals surface area contributed by atoms with E-state index in [1.165, 1.54) is 6.20 Å².